The molecule has 1 N–H and O–H groups in total. The van der Waals surface area contributed by atoms with Crippen molar-refractivity contribution in [1.29, 1.82) is 0 Å². The lowest BCUT2D eigenvalue weighted by molar-refractivity contribution is -0.136. The van der Waals surface area contributed by atoms with Gasteiger partial charge in [-0.3, -0.25) is 9.59 Å². The zero-order valence-corrected chi connectivity index (χ0v) is 9.84. The molecule has 0 aliphatic rings. The molecular weight excluding hydrogens is 222 g/mol. The second-order valence-corrected chi connectivity index (χ2v) is 3.52. The predicted molar refractivity (Wildman–Crippen MR) is 63.3 cm³/mol. The predicted octanol–water partition coefficient (Wildman–Crippen LogP) is 1.52. The number of anilines is 1. The summed E-state index contributed by atoms with van der Waals surface area (Å²) in [6.45, 7) is 1.55. The fraction of sp³-hybridized carbons (Fsp3) is 0.333. The minimum Gasteiger partial charge on any atom is -0.497 e. The van der Waals surface area contributed by atoms with Gasteiger partial charge in [0.1, 0.15) is 5.75 Å². The van der Waals surface area contributed by atoms with Crippen molar-refractivity contribution in [1.82, 2.24) is 0 Å². The molecule has 0 atom stereocenters. The van der Waals surface area contributed by atoms with Gasteiger partial charge in [0.15, 0.2) is 0 Å². The van der Waals surface area contributed by atoms with E-state index in [2.05, 4.69) is 0 Å². The van der Waals surface area contributed by atoms with Crippen LogP contribution in [-0.4, -0.2) is 30.6 Å². The second-order valence-electron chi connectivity index (χ2n) is 3.52. The fourth-order valence-electron chi connectivity index (χ4n) is 1.45. The lowest BCUT2D eigenvalue weighted by atomic mass is 10.2. The van der Waals surface area contributed by atoms with Gasteiger partial charge in [0.2, 0.25) is 5.91 Å². The molecule has 0 spiro atoms. The average molecular weight is 237 g/mol. The number of methoxy groups -OCH3 is 1. The first kappa shape index (κ1) is 13.0. The molecule has 0 aliphatic carbocycles. The standard InChI is InChI=1S/C12H15NO4/c1-9(14)13(7-6-12(15)16)10-4-3-5-11(8-10)17-2/h3-5,8H,6-7H2,1-2H3,(H,15,16). The number of nitrogens with zero attached hydrogens (tertiary/aromatic N) is 1. The molecule has 0 saturated carbocycles. The first-order chi connectivity index (χ1) is 8.04. The summed E-state index contributed by atoms with van der Waals surface area (Å²) in [5.41, 5.74) is 0.637. The molecule has 0 unspecified atom stereocenters. The minimum absolute atomic E-state index is 0.0865. The van der Waals surface area contributed by atoms with Crippen LogP contribution < -0.4 is 9.64 Å². The number of carboxylic acids is 1. The largest absolute Gasteiger partial charge is 0.497 e. The van der Waals surface area contributed by atoms with Crippen LogP contribution in [0, 0.1) is 0 Å². The van der Waals surface area contributed by atoms with Crippen molar-refractivity contribution in [2.45, 2.75) is 13.3 Å². The van der Waals surface area contributed by atoms with E-state index >= 15 is 0 Å². The SMILES string of the molecule is COc1cccc(N(CCC(=O)O)C(C)=O)c1. The molecular formula is C12H15NO4. The van der Waals surface area contributed by atoms with Crippen molar-refractivity contribution in [3.05, 3.63) is 24.3 Å². The van der Waals surface area contributed by atoms with Crippen LogP contribution in [0.4, 0.5) is 5.69 Å². The molecule has 5 heteroatoms. The Morgan fingerprint density at radius 1 is 1.41 bits per heavy atom. The summed E-state index contributed by atoms with van der Waals surface area (Å²) in [5.74, 6) is -0.497. The number of aliphatic carboxylic acids is 1. The smallest absolute Gasteiger partial charge is 0.305 e. The Morgan fingerprint density at radius 2 is 2.12 bits per heavy atom. The van der Waals surface area contributed by atoms with Crippen molar-refractivity contribution in [2.24, 2.45) is 0 Å². The molecule has 92 valence electrons. The first-order valence-corrected chi connectivity index (χ1v) is 5.18. The Morgan fingerprint density at radius 3 is 2.65 bits per heavy atom. The van der Waals surface area contributed by atoms with Gasteiger partial charge in [-0.1, -0.05) is 6.07 Å². The van der Waals surface area contributed by atoms with E-state index in [-0.39, 0.29) is 18.9 Å². The van der Waals surface area contributed by atoms with Gasteiger partial charge in [0.25, 0.3) is 0 Å². The number of hydrogen-bond acceptors (Lipinski definition) is 3. The van der Waals surface area contributed by atoms with E-state index in [1.165, 1.54) is 18.9 Å². The van der Waals surface area contributed by atoms with Crippen LogP contribution in [0.15, 0.2) is 24.3 Å². The maximum atomic E-state index is 11.4. The summed E-state index contributed by atoms with van der Waals surface area (Å²) in [4.78, 5) is 23.4. The highest BCUT2D eigenvalue weighted by Crippen LogP contribution is 2.21. The third kappa shape index (κ3) is 3.79. The van der Waals surface area contributed by atoms with Crippen LogP contribution in [0.5, 0.6) is 5.75 Å². The van der Waals surface area contributed by atoms with Crippen LogP contribution in [0.3, 0.4) is 0 Å². The van der Waals surface area contributed by atoms with Crippen LogP contribution in [-0.2, 0) is 9.59 Å². The van der Waals surface area contributed by atoms with Crippen molar-refractivity contribution < 1.29 is 19.4 Å². The van der Waals surface area contributed by atoms with Gasteiger partial charge in [-0.05, 0) is 12.1 Å². The fourth-order valence-corrected chi connectivity index (χ4v) is 1.45. The molecule has 1 aromatic rings. The maximum Gasteiger partial charge on any atom is 0.305 e. The molecule has 0 aromatic heterocycles. The summed E-state index contributed by atoms with van der Waals surface area (Å²) in [6.07, 6.45) is -0.0865. The van der Waals surface area contributed by atoms with E-state index in [4.69, 9.17) is 9.84 Å². The summed E-state index contributed by atoms with van der Waals surface area (Å²) >= 11 is 0. The third-order valence-corrected chi connectivity index (χ3v) is 2.29. The number of carboxylic acid groups (broad SMARTS) is 1. The van der Waals surface area contributed by atoms with Crippen LogP contribution in [0.25, 0.3) is 0 Å². The molecule has 0 saturated heterocycles. The number of carbonyl (C=O) groups is 2. The van der Waals surface area contributed by atoms with Gasteiger partial charge in [0, 0.05) is 25.2 Å². The number of benzene rings is 1. The molecule has 1 aromatic carbocycles. The number of carbonyl (C=O) groups excluding carboxylic acids is 1. The van der Waals surface area contributed by atoms with E-state index in [1.807, 2.05) is 0 Å². The maximum absolute atomic E-state index is 11.4. The molecule has 0 fully saturated rings. The number of rotatable bonds is 5. The summed E-state index contributed by atoms with van der Waals surface area (Å²) in [7, 11) is 1.54. The molecule has 0 radical (unpaired) electrons. The summed E-state index contributed by atoms with van der Waals surface area (Å²) in [6, 6.07) is 6.96. The Kier molecular flexibility index (Phi) is 4.51. The average Bonchev–Trinajstić information content (AvgIpc) is 2.28. The summed E-state index contributed by atoms with van der Waals surface area (Å²) < 4.78 is 5.06. The molecule has 5 nitrogen and oxygen atoms in total. The van der Waals surface area contributed by atoms with E-state index < -0.39 is 5.97 Å². The minimum atomic E-state index is -0.931. The van der Waals surface area contributed by atoms with Crippen LogP contribution in [0.2, 0.25) is 0 Å². The quantitative estimate of drug-likeness (QED) is 0.843. The Labute approximate surface area is 99.6 Å². The molecule has 0 bridgehead atoms. The van der Waals surface area contributed by atoms with E-state index in [9.17, 15) is 9.59 Å². The second kappa shape index (κ2) is 5.89. The van der Waals surface area contributed by atoms with Gasteiger partial charge < -0.3 is 14.7 Å². The Hall–Kier alpha value is -2.04. The summed E-state index contributed by atoms with van der Waals surface area (Å²) in [5, 5.41) is 8.63. The normalized spacial score (nSPS) is 9.76. The van der Waals surface area contributed by atoms with Gasteiger partial charge in [-0.15, -0.1) is 0 Å². The van der Waals surface area contributed by atoms with Crippen LogP contribution in [0.1, 0.15) is 13.3 Å². The van der Waals surface area contributed by atoms with Crippen molar-refractivity contribution in [3.63, 3.8) is 0 Å². The lowest BCUT2D eigenvalue weighted by Gasteiger charge is -2.20. The molecule has 0 aliphatic heterocycles. The molecule has 17 heavy (non-hydrogen) atoms. The van der Waals surface area contributed by atoms with E-state index in [0.717, 1.165) is 0 Å². The Balaban J connectivity index is 2.88. The van der Waals surface area contributed by atoms with Gasteiger partial charge in [-0.25, -0.2) is 0 Å². The third-order valence-electron chi connectivity index (χ3n) is 2.29. The zero-order chi connectivity index (χ0) is 12.8. The van der Waals surface area contributed by atoms with Crippen molar-refractivity contribution in [3.8, 4) is 5.75 Å². The zero-order valence-electron chi connectivity index (χ0n) is 9.84. The van der Waals surface area contributed by atoms with E-state index in [1.54, 1.807) is 24.3 Å². The lowest BCUT2D eigenvalue weighted by Crippen LogP contribution is -2.30. The van der Waals surface area contributed by atoms with Gasteiger partial charge in [0.05, 0.1) is 13.5 Å². The monoisotopic (exact) mass is 237 g/mol. The highest BCUT2D eigenvalue weighted by Gasteiger charge is 2.13. The molecule has 1 rings (SSSR count). The first-order valence-electron chi connectivity index (χ1n) is 5.18. The van der Waals surface area contributed by atoms with Crippen molar-refractivity contribution in [2.75, 3.05) is 18.6 Å². The van der Waals surface area contributed by atoms with Crippen LogP contribution >= 0.6 is 0 Å². The highest BCUT2D eigenvalue weighted by atomic mass is 16.5. The molecule has 0 heterocycles. The van der Waals surface area contributed by atoms with E-state index in [0.29, 0.717) is 11.4 Å². The number of amides is 1. The topological polar surface area (TPSA) is 66.8 Å². The number of ether oxygens (including phenoxy) is 1. The number of hydrogen-bond donors (Lipinski definition) is 1. The highest BCUT2D eigenvalue weighted by molar-refractivity contribution is 5.92. The molecule has 1 amide bonds. The Bertz CT molecular complexity index is 417. The van der Waals surface area contributed by atoms with Gasteiger partial charge >= 0.3 is 5.97 Å². The van der Waals surface area contributed by atoms with Gasteiger partial charge in [-0.2, -0.15) is 0 Å². The van der Waals surface area contributed by atoms with Crippen molar-refractivity contribution >= 4 is 17.6 Å².